The van der Waals surface area contributed by atoms with Crippen molar-refractivity contribution >= 4 is 17.7 Å². The molecule has 0 radical (unpaired) electrons. The minimum atomic E-state index is -1.00. The van der Waals surface area contributed by atoms with E-state index >= 15 is 0 Å². The molecule has 8 heteroatoms. The number of amides is 2. The second-order valence-corrected chi connectivity index (χ2v) is 4.25. The number of urea groups is 1. The molecule has 108 valence electrons. The van der Waals surface area contributed by atoms with Crippen LogP contribution in [0.15, 0.2) is 24.3 Å². The lowest BCUT2D eigenvalue weighted by Crippen LogP contribution is -2.41. The molecule has 0 aromatic heterocycles. The lowest BCUT2D eigenvalue weighted by Gasteiger charge is -2.12. The maximum atomic E-state index is 11.5. The van der Waals surface area contributed by atoms with E-state index in [-0.39, 0.29) is 18.7 Å². The van der Waals surface area contributed by atoms with Crippen molar-refractivity contribution in [1.29, 1.82) is 0 Å². The third-order valence-corrected chi connectivity index (χ3v) is 2.43. The number of nitro groups is 1. The van der Waals surface area contributed by atoms with Crippen LogP contribution in [0.5, 0.6) is 0 Å². The van der Waals surface area contributed by atoms with Crippen molar-refractivity contribution in [3.63, 3.8) is 0 Å². The molecule has 20 heavy (non-hydrogen) atoms. The number of aliphatic carboxylic acids is 1. The average Bonchev–Trinajstić information content (AvgIpc) is 2.35. The first kappa shape index (κ1) is 15.4. The van der Waals surface area contributed by atoms with E-state index in [1.54, 1.807) is 13.0 Å². The van der Waals surface area contributed by atoms with Gasteiger partial charge in [-0.1, -0.05) is 12.1 Å². The third-order valence-electron chi connectivity index (χ3n) is 2.43. The van der Waals surface area contributed by atoms with Gasteiger partial charge in [0.1, 0.15) is 0 Å². The summed E-state index contributed by atoms with van der Waals surface area (Å²) in [6, 6.07) is 4.87. The Labute approximate surface area is 114 Å². The van der Waals surface area contributed by atoms with Gasteiger partial charge >= 0.3 is 12.0 Å². The Morgan fingerprint density at radius 3 is 2.75 bits per heavy atom. The van der Waals surface area contributed by atoms with Crippen LogP contribution in [0, 0.1) is 10.1 Å². The number of carbonyl (C=O) groups is 2. The monoisotopic (exact) mass is 281 g/mol. The SMILES string of the molecule is CC(CC(=O)O)NC(=O)NCc1cccc([N+](=O)[O-])c1. The fourth-order valence-corrected chi connectivity index (χ4v) is 1.55. The zero-order chi connectivity index (χ0) is 15.1. The predicted molar refractivity (Wildman–Crippen MR) is 70.2 cm³/mol. The maximum Gasteiger partial charge on any atom is 0.315 e. The Morgan fingerprint density at radius 2 is 2.15 bits per heavy atom. The first-order valence-electron chi connectivity index (χ1n) is 5.88. The molecule has 0 aliphatic rings. The van der Waals surface area contributed by atoms with Crippen molar-refractivity contribution in [3.05, 3.63) is 39.9 Å². The number of hydrogen-bond donors (Lipinski definition) is 3. The van der Waals surface area contributed by atoms with Gasteiger partial charge in [-0.3, -0.25) is 14.9 Å². The van der Waals surface area contributed by atoms with Crippen LogP contribution in [-0.4, -0.2) is 28.1 Å². The molecule has 0 aliphatic heterocycles. The number of nitrogens with one attached hydrogen (secondary N) is 2. The average molecular weight is 281 g/mol. The summed E-state index contributed by atoms with van der Waals surface area (Å²) in [6.45, 7) is 1.69. The summed E-state index contributed by atoms with van der Waals surface area (Å²) in [5, 5.41) is 24.1. The summed E-state index contributed by atoms with van der Waals surface area (Å²) >= 11 is 0. The molecule has 0 aliphatic carbocycles. The Bertz CT molecular complexity index is 518. The van der Waals surface area contributed by atoms with Crippen LogP contribution < -0.4 is 10.6 Å². The molecule has 3 N–H and O–H groups in total. The first-order chi connectivity index (χ1) is 9.38. The Morgan fingerprint density at radius 1 is 1.45 bits per heavy atom. The molecule has 0 spiro atoms. The van der Waals surface area contributed by atoms with Crippen LogP contribution in [0.3, 0.4) is 0 Å². The van der Waals surface area contributed by atoms with Gasteiger partial charge in [-0.05, 0) is 12.5 Å². The lowest BCUT2D eigenvalue weighted by molar-refractivity contribution is -0.384. The fraction of sp³-hybridized carbons (Fsp3) is 0.333. The van der Waals surface area contributed by atoms with E-state index in [4.69, 9.17) is 5.11 Å². The van der Waals surface area contributed by atoms with Crippen LogP contribution in [0.4, 0.5) is 10.5 Å². The minimum Gasteiger partial charge on any atom is -0.481 e. The molecule has 1 aromatic rings. The van der Waals surface area contributed by atoms with Crippen LogP contribution >= 0.6 is 0 Å². The van der Waals surface area contributed by atoms with Gasteiger partial charge in [0.25, 0.3) is 5.69 Å². The number of carboxylic acid groups (broad SMARTS) is 1. The molecule has 8 nitrogen and oxygen atoms in total. The molecule has 0 bridgehead atoms. The highest BCUT2D eigenvalue weighted by Crippen LogP contribution is 2.12. The van der Waals surface area contributed by atoms with E-state index < -0.39 is 23.0 Å². The number of hydrogen-bond acceptors (Lipinski definition) is 4. The van der Waals surface area contributed by atoms with Crippen molar-refractivity contribution in [1.82, 2.24) is 10.6 Å². The van der Waals surface area contributed by atoms with Gasteiger partial charge in [0.05, 0.1) is 11.3 Å². The van der Waals surface area contributed by atoms with Crippen molar-refractivity contribution in [3.8, 4) is 0 Å². The zero-order valence-electron chi connectivity index (χ0n) is 10.8. The molecule has 1 aromatic carbocycles. The molecule has 0 saturated carbocycles. The van der Waals surface area contributed by atoms with Crippen molar-refractivity contribution in [2.45, 2.75) is 25.9 Å². The molecule has 0 heterocycles. The van der Waals surface area contributed by atoms with E-state index in [1.165, 1.54) is 18.2 Å². The number of rotatable bonds is 6. The largest absolute Gasteiger partial charge is 0.481 e. The number of benzene rings is 1. The van der Waals surface area contributed by atoms with Crippen LogP contribution in [0.2, 0.25) is 0 Å². The van der Waals surface area contributed by atoms with E-state index in [1.807, 2.05) is 0 Å². The van der Waals surface area contributed by atoms with Gasteiger partial charge in [0.15, 0.2) is 0 Å². The fourth-order valence-electron chi connectivity index (χ4n) is 1.55. The standard InChI is InChI=1S/C12H15N3O5/c1-8(5-11(16)17)14-12(18)13-7-9-3-2-4-10(6-9)15(19)20/h2-4,6,8H,5,7H2,1H3,(H,16,17)(H2,13,14,18). The molecule has 1 atom stereocenters. The van der Waals surface area contributed by atoms with Gasteiger partial charge in [-0.25, -0.2) is 4.79 Å². The van der Waals surface area contributed by atoms with E-state index in [2.05, 4.69) is 10.6 Å². The molecular formula is C12H15N3O5. The number of nitro benzene ring substituents is 1. The first-order valence-corrected chi connectivity index (χ1v) is 5.88. The molecule has 0 fully saturated rings. The Kier molecular flexibility index (Phi) is 5.45. The highest BCUT2D eigenvalue weighted by Gasteiger charge is 2.11. The van der Waals surface area contributed by atoms with Gasteiger partial charge < -0.3 is 15.7 Å². The van der Waals surface area contributed by atoms with Gasteiger partial charge in [0, 0.05) is 24.7 Å². The predicted octanol–water partition coefficient (Wildman–Crippen LogP) is 1.26. The van der Waals surface area contributed by atoms with Crippen LogP contribution in [0.1, 0.15) is 18.9 Å². The van der Waals surface area contributed by atoms with E-state index in [0.717, 1.165) is 0 Å². The topological polar surface area (TPSA) is 122 Å². The highest BCUT2D eigenvalue weighted by molar-refractivity contribution is 5.75. The summed E-state index contributed by atoms with van der Waals surface area (Å²) < 4.78 is 0. The maximum absolute atomic E-state index is 11.5. The minimum absolute atomic E-state index is 0.0519. The van der Waals surface area contributed by atoms with Crippen molar-refractivity contribution in [2.24, 2.45) is 0 Å². The van der Waals surface area contributed by atoms with Gasteiger partial charge in [-0.2, -0.15) is 0 Å². The Balaban J connectivity index is 2.46. The van der Waals surface area contributed by atoms with Crippen molar-refractivity contribution < 1.29 is 19.6 Å². The molecule has 1 unspecified atom stereocenters. The number of non-ortho nitro benzene ring substituents is 1. The van der Waals surface area contributed by atoms with Crippen LogP contribution in [-0.2, 0) is 11.3 Å². The molecule has 1 rings (SSSR count). The molecule has 2 amide bonds. The van der Waals surface area contributed by atoms with Gasteiger partial charge in [0.2, 0.25) is 0 Å². The number of carbonyl (C=O) groups excluding carboxylic acids is 1. The van der Waals surface area contributed by atoms with E-state index in [0.29, 0.717) is 5.56 Å². The quantitative estimate of drug-likeness (QED) is 0.535. The van der Waals surface area contributed by atoms with Crippen molar-refractivity contribution in [2.75, 3.05) is 0 Å². The normalized spacial score (nSPS) is 11.4. The highest BCUT2D eigenvalue weighted by atomic mass is 16.6. The molecular weight excluding hydrogens is 266 g/mol. The molecule has 0 saturated heterocycles. The smallest absolute Gasteiger partial charge is 0.315 e. The zero-order valence-corrected chi connectivity index (χ0v) is 10.8. The third kappa shape index (κ3) is 5.34. The lowest BCUT2D eigenvalue weighted by atomic mass is 10.2. The summed E-state index contributed by atoms with van der Waals surface area (Å²) in [7, 11) is 0. The van der Waals surface area contributed by atoms with Gasteiger partial charge in [-0.15, -0.1) is 0 Å². The van der Waals surface area contributed by atoms with Crippen LogP contribution in [0.25, 0.3) is 0 Å². The van der Waals surface area contributed by atoms with E-state index in [9.17, 15) is 19.7 Å². The Hall–Kier alpha value is -2.64. The second kappa shape index (κ2) is 7.07. The second-order valence-electron chi connectivity index (χ2n) is 4.25. The summed E-state index contributed by atoms with van der Waals surface area (Å²) in [5.41, 5.74) is 0.532. The summed E-state index contributed by atoms with van der Waals surface area (Å²) in [4.78, 5) is 32.0. The summed E-state index contributed by atoms with van der Waals surface area (Å²) in [5.74, 6) is -1.00. The number of carboxylic acids is 1. The summed E-state index contributed by atoms with van der Waals surface area (Å²) in [6.07, 6.45) is -0.176. The number of nitrogens with zero attached hydrogens (tertiary/aromatic N) is 1.